The lowest BCUT2D eigenvalue weighted by molar-refractivity contribution is 0.242. The van der Waals surface area contributed by atoms with Crippen molar-refractivity contribution in [3.63, 3.8) is 0 Å². The van der Waals surface area contributed by atoms with E-state index in [0.717, 1.165) is 45.5 Å². The highest BCUT2D eigenvalue weighted by Crippen LogP contribution is 2.44. The molecule has 0 amide bonds. The lowest BCUT2D eigenvalue weighted by atomic mass is 9.96. The number of ether oxygens (including phenoxy) is 2. The lowest BCUT2D eigenvalue weighted by Gasteiger charge is -2.28. The van der Waals surface area contributed by atoms with Gasteiger partial charge in [-0.15, -0.1) is 0 Å². The van der Waals surface area contributed by atoms with Crippen molar-refractivity contribution in [1.29, 1.82) is 0 Å². The number of aromatic nitrogens is 2. The minimum absolute atomic E-state index is 0.102. The zero-order valence-electron chi connectivity index (χ0n) is 22.1. The highest BCUT2D eigenvalue weighted by atomic mass is 35.5. The van der Waals surface area contributed by atoms with Gasteiger partial charge in [0.2, 0.25) is 0 Å². The van der Waals surface area contributed by atoms with Crippen LogP contribution in [0.15, 0.2) is 72.9 Å². The average Bonchev–Trinajstić information content (AvgIpc) is 3.39. The van der Waals surface area contributed by atoms with E-state index in [4.69, 9.17) is 33.3 Å². The first-order valence-corrected chi connectivity index (χ1v) is 13.4. The van der Waals surface area contributed by atoms with E-state index in [1.54, 1.807) is 7.11 Å². The van der Waals surface area contributed by atoms with Crippen LogP contribution in [-0.4, -0.2) is 27.9 Å². The van der Waals surface area contributed by atoms with Crippen molar-refractivity contribution in [2.75, 3.05) is 12.0 Å². The fraction of sp³-hybridized carbons (Fsp3) is 0.267. The molecule has 6 nitrogen and oxygen atoms in total. The van der Waals surface area contributed by atoms with Gasteiger partial charge in [-0.05, 0) is 106 Å². The molecule has 1 aliphatic rings. The number of rotatable bonds is 7. The largest absolute Gasteiger partial charge is 0.495 e. The Kier molecular flexibility index (Phi) is 7.32. The quantitative estimate of drug-likeness (QED) is 0.249. The van der Waals surface area contributed by atoms with E-state index in [9.17, 15) is 0 Å². The summed E-state index contributed by atoms with van der Waals surface area (Å²) in [6.07, 6.45) is 1.92. The highest BCUT2D eigenvalue weighted by Gasteiger charge is 2.42. The van der Waals surface area contributed by atoms with Gasteiger partial charge in [-0.1, -0.05) is 17.7 Å². The predicted octanol–water partition coefficient (Wildman–Crippen LogP) is 7.12. The van der Waals surface area contributed by atoms with Gasteiger partial charge >= 0.3 is 0 Å². The molecule has 1 saturated heterocycles. The molecule has 2 aromatic heterocycles. The van der Waals surface area contributed by atoms with Crippen LogP contribution in [0.2, 0.25) is 5.02 Å². The third kappa shape index (κ3) is 4.84. The lowest BCUT2D eigenvalue weighted by Crippen LogP contribution is -2.29. The molecule has 0 saturated carbocycles. The van der Waals surface area contributed by atoms with Crippen molar-refractivity contribution in [3.8, 4) is 17.2 Å². The number of halogens is 1. The summed E-state index contributed by atoms with van der Waals surface area (Å²) >= 11 is 12.3. The summed E-state index contributed by atoms with van der Waals surface area (Å²) in [7, 11) is 1.67. The number of hydrogen-bond acceptors (Lipinski definition) is 4. The van der Waals surface area contributed by atoms with E-state index >= 15 is 0 Å². The normalized spacial score (nSPS) is 17.1. The van der Waals surface area contributed by atoms with E-state index in [2.05, 4.69) is 51.8 Å². The van der Waals surface area contributed by atoms with Gasteiger partial charge in [0.1, 0.15) is 11.5 Å². The first-order valence-electron chi connectivity index (χ1n) is 12.6. The van der Waals surface area contributed by atoms with E-state index < -0.39 is 0 Å². The number of benzene rings is 2. The number of nitrogens with zero attached hydrogens (tertiary/aromatic N) is 3. The summed E-state index contributed by atoms with van der Waals surface area (Å²) in [6.45, 7) is 8.25. The van der Waals surface area contributed by atoms with Gasteiger partial charge in [-0.3, -0.25) is 4.98 Å². The third-order valence-corrected chi connectivity index (χ3v) is 7.31. The van der Waals surface area contributed by atoms with Crippen LogP contribution in [0.25, 0.3) is 5.69 Å². The van der Waals surface area contributed by atoms with Gasteiger partial charge in [-0.25, -0.2) is 0 Å². The maximum Gasteiger partial charge on any atom is 0.174 e. The Morgan fingerprint density at radius 3 is 2.45 bits per heavy atom. The van der Waals surface area contributed by atoms with Crippen molar-refractivity contribution in [2.45, 2.75) is 45.9 Å². The fourth-order valence-electron chi connectivity index (χ4n) is 5.20. The summed E-state index contributed by atoms with van der Waals surface area (Å²) in [4.78, 5) is 6.86. The van der Waals surface area contributed by atoms with Crippen molar-refractivity contribution in [2.24, 2.45) is 0 Å². The molecule has 1 aliphatic heterocycles. The molecule has 0 aliphatic carbocycles. The van der Waals surface area contributed by atoms with Gasteiger partial charge in [0.25, 0.3) is 0 Å². The van der Waals surface area contributed by atoms with Crippen LogP contribution < -0.4 is 19.7 Å². The fourth-order valence-corrected chi connectivity index (χ4v) is 5.71. The first kappa shape index (κ1) is 26.1. The predicted molar refractivity (Wildman–Crippen MR) is 157 cm³/mol. The molecule has 2 atom stereocenters. The van der Waals surface area contributed by atoms with Crippen LogP contribution >= 0.6 is 23.8 Å². The SMILES string of the molecule is COc1ccc(Cl)cc1-n1c(C)cc([C@H]2[C@H](c3ccccn3)NC(=S)N2c2ccc(OC(C)C)cc2)c1C. The Morgan fingerprint density at radius 1 is 1.03 bits per heavy atom. The van der Waals surface area contributed by atoms with E-state index in [0.29, 0.717) is 10.1 Å². The number of aryl methyl sites for hydroxylation is 1. The summed E-state index contributed by atoms with van der Waals surface area (Å²) in [5.74, 6) is 1.58. The van der Waals surface area contributed by atoms with E-state index in [-0.39, 0.29) is 18.2 Å². The standard InChI is InChI=1S/C30H31ClN4O2S/c1-18(2)37-23-12-10-22(11-13-23)35-29(28(33-30(35)38)25-8-6-7-15-32-25)24-16-19(3)34(20(24)4)26-17-21(31)9-14-27(26)36-5/h6-18,28-29H,1-5H3,(H,33,38)/t28-,29-/m0/s1. The molecule has 196 valence electrons. The molecule has 1 fully saturated rings. The molecule has 0 radical (unpaired) electrons. The van der Waals surface area contributed by atoms with Crippen molar-refractivity contribution >= 4 is 34.6 Å². The summed E-state index contributed by atoms with van der Waals surface area (Å²) in [5, 5.41) is 4.85. The van der Waals surface area contributed by atoms with Gasteiger partial charge < -0.3 is 24.3 Å². The second-order valence-corrected chi connectivity index (χ2v) is 10.5. The molecule has 38 heavy (non-hydrogen) atoms. The Labute approximate surface area is 234 Å². The molecular weight excluding hydrogens is 516 g/mol. The zero-order chi connectivity index (χ0) is 27.0. The third-order valence-electron chi connectivity index (χ3n) is 6.76. The average molecular weight is 547 g/mol. The highest BCUT2D eigenvalue weighted by molar-refractivity contribution is 7.80. The van der Waals surface area contributed by atoms with Crippen molar-refractivity contribution in [3.05, 3.63) is 101 Å². The molecular formula is C30H31ClN4O2S. The number of methoxy groups -OCH3 is 1. The maximum absolute atomic E-state index is 6.41. The van der Waals surface area contributed by atoms with Crippen LogP contribution in [0, 0.1) is 13.8 Å². The molecule has 5 rings (SSSR count). The molecule has 0 bridgehead atoms. The Hall–Kier alpha value is -3.55. The van der Waals surface area contributed by atoms with Gasteiger partial charge in [0.15, 0.2) is 5.11 Å². The Morgan fingerprint density at radius 2 is 1.79 bits per heavy atom. The molecule has 8 heteroatoms. The number of thiocarbonyl (C=S) groups is 1. The second kappa shape index (κ2) is 10.7. The first-order chi connectivity index (χ1) is 18.3. The van der Waals surface area contributed by atoms with Gasteiger partial charge in [0.05, 0.1) is 36.7 Å². The Balaban J connectivity index is 1.65. The molecule has 0 unspecified atom stereocenters. The topological polar surface area (TPSA) is 51.5 Å². The Bertz CT molecular complexity index is 1450. The van der Waals surface area contributed by atoms with E-state index in [1.807, 2.05) is 68.6 Å². The smallest absolute Gasteiger partial charge is 0.174 e. The maximum atomic E-state index is 6.41. The summed E-state index contributed by atoms with van der Waals surface area (Å²) in [5.41, 5.74) is 6.07. The second-order valence-electron chi connectivity index (χ2n) is 9.64. The molecule has 2 aromatic carbocycles. The summed E-state index contributed by atoms with van der Waals surface area (Å²) < 4.78 is 13.8. The number of pyridine rings is 1. The van der Waals surface area contributed by atoms with Crippen molar-refractivity contribution in [1.82, 2.24) is 14.9 Å². The summed E-state index contributed by atoms with van der Waals surface area (Å²) in [6, 6.07) is 21.7. The van der Waals surface area contributed by atoms with Crippen LogP contribution in [-0.2, 0) is 0 Å². The van der Waals surface area contributed by atoms with Gasteiger partial charge in [0, 0.05) is 28.3 Å². The van der Waals surface area contributed by atoms with Crippen LogP contribution in [0.4, 0.5) is 5.69 Å². The monoisotopic (exact) mass is 546 g/mol. The van der Waals surface area contributed by atoms with Crippen LogP contribution in [0.5, 0.6) is 11.5 Å². The van der Waals surface area contributed by atoms with E-state index in [1.165, 1.54) is 0 Å². The minimum atomic E-state index is -0.148. The number of hydrogen-bond donors (Lipinski definition) is 1. The molecule has 0 spiro atoms. The number of anilines is 1. The van der Waals surface area contributed by atoms with Crippen molar-refractivity contribution < 1.29 is 9.47 Å². The minimum Gasteiger partial charge on any atom is -0.495 e. The number of nitrogens with one attached hydrogen (secondary N) is 1. The molecule has 3 heterocycles. The van der Waals surface area contributed by atoms with Crippen LogP contribution in [0.1, 0.15) is 48.6 Å². The van der Waals surface area contributed by atoms with Crippen LogP contribution in [0.3, 0.4) is 0 Å². The molecule has 1 N–H and O–H groups in total. The molecule has 4 aromatic rings. The zero-order valence-corrected chi connectivity index (χ0v) is 23.7. The van der Waals surface area contributed by atoms with Gasteiger partial charge in [-0.2, -0.15) is 0 Å².